The molecule has 1 amide bonds. The summed E-state index contributed by atoms with van der Waals surface area (Å²) in [7, 11) is 0. The maximum absolute atomic E-state index is 12.3. The molecule has 0 aliphatic carbocycles. The highest BCUT2D eigenvalue weighted by molar-refractivity contribution is 5.95. The van der Waals surface area contributed by atoms with E-state index in [2.05, 4.69) is 5.32 Å². The smallest absolute Gasteiger partial charge is 0.254 e. The quantitative estimate of drug-likeness (QED) is 0.833. The Morgan fingerprint density at radius 3 is 2.53 bits per heavy atom. The number of halogens is 1. The van der Waals surface area contributed by atoms with Crippen molar-refractivity contribution in [2.24, 2.45) is 0 Å². The lowest BCUT2D eigenvalue weighted by Gasteiger charge is -2.28. The van der Waals surface area contributed by atoms with Gasteiger partial charge in [0.2, 0.25) is 0 Å². The Hall–Kier alpha value is -1.46. The zero-order valence-electron chi connectivity index (χ0n) is 10.6. The molecule has 0 bridgehead atoms. The van der Waals surface area contributed by atoms with E-state index in [4.69, 9.17) is 9.47 Å². The normalized spacial score (nSPS) is 17.6. The first kappa shape index (κ1) is 14.0. The van der Waals surface area contributed by atoms with Gasteiger partial charge >= 0.3 is 0 Å². The van der Waals surface area contributed by atoms with Gasteiger partial charge in [0.15, 0.2) is 11.5 Å². The van der Waals surface area contributed by atoms with Crippen molar-refractivity contribution in [2.75, 3.05) is 39.4 Å². The average molecular weight is 285 g/mol. The van der Waals surface area contributed by atoms with Crippen LogP contribution in [0.5, 0.6) is 11.5 Å². The molecule has 2 heterocycles. The van der Waals surface area contributed by atoms with Gasteiger partial charge in [0.25, 0.3) is 5.91 Å². The van der Waals surface area contributed by atoms with E-state index >= 15 is 0 Å². The van der Waals surface area contributed by atoms with Gasteiger partial charge in [0.05, 0.1) is 0 Å². The van der Waals surface area contributed by atoms with E-state index in [0.29, 0.717) is 24.5 Å². The van der Waals surface area contributed by atoms with Crippen molar-refractivity contribution >= 4 is 18.3 Å². The number of benzene rings is 1. The minimum Gasteiger partial charge on any atom is -0.486 e. The van der Waals surface area contributed by atoms with Gasteiger partial charge in [-0.05, 0) is 18.2 Å². The summed E-state index contributed by atoms with van der Waals surface area (Å²) in [5, 5.41) is 3.23. The molecular weight excluding hydrogens is 268 g/mol. The molecule has 1 aromatic rings. The van der Waals surface area contributed by atoms with Crippen LogP contribution in [0.4, 0.5) is 0 Å². The molecule has 1 saturated heterocycles. The number of amides is 1. The van der Waals surface area contributed by atoms with E-state index in [-0.39, 0.29) is 18.3 Å². The second kappa shape index (κ2) is 6.12. The van der Waals surface area contributed by atoms with Gasteiger partial charge in [-0.3, -0.25) is 4.79 Å². The predicted octanol–water partition coefficient (Wildman–Crippen LogP) is 0.925. The van der Waals surface area contributed by atoms with Gasteiger partial charge in [0, 0.05) is 31.7 Å². The second-order valence-electron chi connectivity index (χ2n) is 4.40. The Bertz CT molecular complexity index is 461. The van der Waals surface area contributed by atoms with Crippen LogP contribution in [0, 0.1) is 0 Å². The highest BCUT2D eigenvalue weighted by Crippen LogP contribution is 2.31. The Morgan fingerprint density at radius 1 is 1.11 bits per heavy atom. The van der Waals surface area contributed by atoms with Crippen LogP contribution in [0.25, 0.3) is 0 Å². The largest absolute Gasteiger partial charge is 0.486 e. The van der Waals surface area contributed by atoms with Crippen molar-refractivity contribution in [1.82, 2.24) is 10.2 Å². The standard InChI is InChI=1S/C13H16N2O3.ClH/c16-13(15-5-3-14-4-6-15)10-1-2-11-12(9-10)18-8-7-17-11;/h1-2,9,14H,3-8H2;1H. The summed E-state index contributed by atoms with van der Waals surface area (Å²) in [6.07, 6.45) is 0. The highest BCUT2D eigenvalue weighted by atomic mass is 35.5. The second-order valence-corrected chi connectivity index (χ2v) is 4.40. The van der Waals surface area contributed by atoms with Gasteiger partial charge < -0.3 is 19.7 Å². The zero-order valence-corrected chi connectivity index (χ0v) is 11.4. The summed E-state index contributed by atoms with van der Waals surface area (Å²) >= 11 is 0. The van der Waals surface area contributed by atoms with Crippen LogP contribution >= 0.6 is 12.4 Å². The molecule has 104 valence electrons. The summed E-state index contributed by atoms with van der Waals surface area (Å²) in [6.45, 7) is 4.34. The van der Waals surface area contributed by atoms with Crippen LogP contribution < -0.4 is 14.8 Å². The van der Waals surface area contributed by atoms with Crippen molar-refractivity contribution < 1.29 is 14.3 Å². The molecule has 1 fully saturated rings. The lowest BCUT2D eigenvalue weighted by molar-refractivity contribution is 0.0734. The lowest BCUT2D eigenvalue weighted by atomic mass is 10.1. The number of nitrogens with one attached hydrogen (secondary N) is 1. The molecular formula is C13H17ClN2O3. The van der Waals surface area contributed by atoms with Crippen LogP contribution in [-0.4, -0.2) is 50.2 Å². The molecule has 3 rings (SSSR count). The lowest BCUT2D eigenvalue weighted by Crippen LogP contribution is -2.46. The maximum Gasteiger partial charge on any atom is 0.254 e. The summed E-state index contributed by atoms with van der Waals surface area (Å²) < 4.78 is 10.9. The number of hydrogen-bond acceptors (Lipinski definition) is 4. The fraction of sp³-hybridized carbons (Fsp3) is 0.462. The number of hydrogen-bond donors (Lipinski definition) is 1. The summed E-state index contributed by atoms with van der Waals surface area (Å²) in [6, 6.07) is 5.39. The molecule has 1 aromatic carbocycles. The summed E-state index contributed by atoms with van der Waals surface area (Å²) in [5.41, 5.74) is 0.668. The fourth-order valence-electron chi connectivity index (χ4n) is 2.23. The molecule has 0 atom stereocenters. The number of carbonyl (C=O) groups excluding carboxylic acids is 1. The van der Waals surface area contributed by atoms with Crippen LogP contribution in [0.15, 0.2) is 18.2 Å². The van der Waals surface area contributed by atoms with E-state index in [0.717, 1.165) is 31.9 Å². The third-order valence-corrected chi connectivity index (χ3v) is 3.19. The van der Waals surface area contributed by atoms with E-state index in [1.807, 2.05) is 11.0 Å². The third kappa shape index (κ3) is 2.93. The topological polar surface area (TPSA) is 50.8 Å². The number of carbonyl (C=O) groups is 1. The van der Waals surface area contributed by atoms with E-state index in [1.54, 1.807) is 12.1 Å². The molecule has 0 aromatic heterocycles. The molecule has 0 radical (unpaired) electrons. The van der Waals surface area contributed by atoms with Gasteiger partial charge in [-0.1, -0.05) is 0 Å². The minimum absolute atomic E-state index is 0. The summed E-state index contributed by atoms with van der Waals surface area (Å²) in [5.74, 6) is 1.45. The average Bonchev–Trinajstić information content (AvgIpc) is 2.47. The minimum atomic E-state index is 0. The molecule has 0 spiro atoms. The number of ether oxygens (including phenoxy) is 2. The maximum atomic E-state index is 12.3. The monoisotopic (exact) mass is 284 g/mol. The molecule has 1 N–H and O–H groups in total. The SMILES string of the molecule is Cl.O=C(c1ccc2c(c1)OCCO2)N1CCNCC1. The Morgan fingerprint density at radius 2 is 1.79 bits per heavy atom. The first-order valence-electron chi connectivity index (χ1n) is 6.24. The summed E-state index contributed by atoms with van der Waals surface area (Å²) in [4.78, 5) is 14.2. The number of piperazine rings is 1. The molecule has 0 unspecified atom stereocenters. The Labute approximate surface area is 118 Å². The van der Waals surface area contributed by atoms with Gasteiger partial charge in [0.1, 0.15) is 13.2 Å². The van der Waals surface area contributed by atoms with Gasteiger partial charge in [-0.15, -0.1) is 12.4 Å². The number of fused-ring (bicyclic) bond motifs is 1. The molecule has 0 saturated carbocycles. The molecule has 5 nitrogen and oxygen atoms in total. The van der Waals surface area contributed by atoms with Crippen LogP contribution in [-0.2, 0) is 0 Å². The van der Waals surface area contributed by atoms with Crippen LogP contribution in [0.3, 0.4) is 0 Å². The molecule has 19 heavy (non-hydrogen) atoms. The highest BCUT2D eigenvalue weighted by Gasteiger charge is 2.20. The zero-order chi connectivity index (χ0) is 12.4. The third-order valence-electron chi connectivity index (χ3n) is 3.19. The first-order valence-corrected chi connectivity index (χ1v) is 6.24. The van der Waals surface area contributed by atoms with E-state index < -0.39 is 0 Å². The van der Waals surface area contributed by atoms with Crippen molar-refractivity contribution in [3.05, 3.63) is 23.8 Å². The molecule has 6 heteroatoms. The Kier molecular flexibility index (Phi) is 4.50. The van der Waals surface area contributed by atoms with E-state index in [9.17, 15) is 4.79 Å². The van der Waals surface area contributed by atoms with E-state index in [1.165, 1.54) is 0 Å². The van der Waals surface area contributed by atoms with Crippen LogP contribution in [0.2, 0.25) is 0 Å². The molecule has 2 aliphatic heterocycles. The Balaban J connectivity index is 0.00000133. The van der Waals surface area contributed by atoms with Crippen LogP contribution in [0.1, 0.15) is 10.4 Å². The predicted molar refractivity (Wildman–Crippen MR) is 73.5 cm³/mol. The number of nitrogens with zero attached hydrogens (tertiary/aromatic N) is 1. The van der Waals surface area contributed by atoms with Gasteiger partial charge in [-0.25, -0.2) is 0 Å². The first-order chi connectivity index (χ1) is 8.84. The van der Waals surface area contributed by atoms with Crippen molar-refractivity contribution in [3.8, 4) is 11.5 Å². The number of rotatable bonds is 1. The van der Waals surface area contributed by atoms with Crippen molar-refractivity contribution in [3.63, 3.8) is 0 Å². The fourth-order valence-corrected chi connectivity index (χ4v) is 2.23. The molecule has 2 aliphatic rings. The van der Waals surface area contributed by atoms with Gasteiger partial charge in [-0.2, -0.15) is 0 Å². The van der Waals surface area contributed by atoms with Crippen molar-refractivity contribution in [2.45, 2.75) is 0 Å². The van der Waals surface area contributed by atoms with Crippen molar-refractivity contribution in [1.29, 1.82) is 0 Å².